The molecule has 1 fully saturated rings. The molecule has 2 aromatic rings. The highest BCUT2D eigenvalue weighted by Crippen LogP contribution is 2.19. The average molecular weight is 321 g/mol. The van der Waals surface area contributed by atoms with Gasteiger partial charge in [-0.15, -0.1) is 5.10 Å². The summed E-state index contributed by atoms with van der Waals surface area (Å²) >= 11 is 6.13. The second kappa shape index (κ2) is 6.06. The highest BCUT2D eigenvalue weighted by atomic mass is 35.5. The third kappa shape index (κ3) is 2.98. The van der Waals surface area contributed by atoms with E-state index < -0.39 is 0 Å². The Morgan fingerprint density at radius 3 is 2.64 bits per heavy atom. The van der Waals surface area contributed by atoms with Crippen molar-refractivity contribution in [2.45, 2.75) is 26.1 Å². The van der Waals surface area contributed by atoms with Crippen molar-refractivity contribution in [3.8, 4) is 5.69 Å². The summed E-state index contributed by atoms with van der Waals surface area (Å²) < 4.78 is 7.16. The largest absolute Gasteiger partial charge is 0.372 e. The zero-order valence-electron chi connectivity index (χ0n) is 12.4. The molecule has 0 radical (unpaired) electrons. The zero-order valence-corrected chi connectivity index (χ0v) is 13.2. The molecule has 2 atom stereocenters. The lowest BCUT2D eigenvalue weighted by Gasteiger charge is -2.34. The topological polar surface area (TPSA) is 60.2 Å². The number of amides is 1. The number of carbonyl (C=O) groups is 1. The van der Waals surface area contributed by atoms with Gasteiger partial charge >= 0.3 is 0 Å². The maximum atomic E-state index is 12.5. The van der Waals surface area contributed by atoms with Crippen LogP contribution in [0.25, 0.3) is 5.69 Å². The number of rotatable bonds is 2. The number of carbonyl (C=O) groups excluding carboxylic acids is 1. The van der Waals surface area contributed by atoms with Crippen LogP contribution in [0.4, 0.5) is 0 Å². The van der Waals surface area contributed by atoms with Crippen molar-refractivity contribution in [2.75, 3.05) is 13.1 Å². The molecule has 0 unspecified atom stereocenters. The average Bonchev–Trinajstić information content (AvgIpc) is 2.95. The van der Waals surface area contributed by atoms with Crippen molar-refractivity contribution in [1.29, 1.82) is 0 Å². The molecule has 0 bridgehead atoms. The fourth-order valence-electron chi connectivity index (χ4n) is 2.62. The number of para-hydroxylation sites is 1. The van der Waals surface area contributed by atoms with Gasteiger partial charge in [0.05, 0.1) is 29.1 Å². The minimum atomic E-state index is -0.139. The maximum Gasteiger partial charge on any atom is 0.276 e. The first kappa shape index (κ1) is 15.0. The molecule has 116 valence electrons. The molecular weight excluding hydrogens is 304 g/mol. The van der Waals surface area contributed by atoms with Crippen LogP contribution in [0.2, 0.25) is 5.02 Å². The quantitative estimate of drug-likeness (QED) is 0.851. The number of hydrogen-bond acceptors (Lipinski definition) is 4. The van der Waals surface area contributed by atoms with Gasteiger partial charge in [-0.3, -0.25) is 4.79 Å². The van der Waals surface area contributed by atoms with E-state index in [0.29, 0.717) is 29.5 Å². The fourth-order valence-corrected chi connectivity index (χ4v) is 2.85. The molecule has 1 amide bonds. The van der Waals surface area contributed by atoms with E-state index in [9.17, 15) is 4.79 Å². The number of ether oxygens (including phenoxy) is 1. The lowest BCUT2D eigenvalue weighted by molar-refractivity contribution is -0.0587. The van der Waals surface area contributed by atoms with Gasteiger partial charge in [0.15, 0.2) is 5.69 Å². The van der Waals surface area contributed by atoms with Gasteiger partial charge in [0, 0.05) is 13.1 Å². The molecule has 1 aromatic carbocycles. The van der Waals surface area contributed by atoms with Crippen molar-refractivity contribution in [3.05, 3.63) is 41.2 Å². The highest BCUT2D eigenvalue weighted by Gasteiger charge is 2.28. The van der Waals surface area contributed by atoms with Crippen molar-refractivity contribution in [2.24, 2.45) is 0 Å². The molecule has 22 heavy (non-hydrogen) atoms. The smallest absolute Gasteiger partial charge is 0.276 e. The predicted molar refractivity (Wildman–Crippen MR) is 82.3 cm³/mol. The summed E-state index contributed by atoms with van der Waals surface area (Å²) in [4.78, 5) is 14.3. The van der Waals surface area contributed by atoms with Crippen LogP contribution in [0.5, 0.6) is 0 Å². The lowest BCUT2D eigenvalue weighted by atomic mass is 10.2. The Morgan fingerprint density at radius 2 is 1.95 bits per heavy atom. The molecule has 6 nitrogen and oxygen atoms in total. The van der Waals surface area contributed by atoms with Crippen LogP contribution in [0.3, 0.4) is 0 Å². The Morgan fingerprint density at radius 1 is 1.27 bits per heavy atom. The van der Waals surface area contributed by atoms with Gasteiger partial charge in [0.25, 0.3) is 5.91 Å². The number of aromatic nitrogens is 3. The molecule has 2 heterocycles. The molecule has 1 aromatic heterocycles. The molecule has 0 aliphatic carbocycles. The minimum Gasteiger partial charge on any atom is -0.372 e. The van der Waals surface area contributed by atoms with Crippen LogP contribution in [0, 0.1) is 0 Å². The van der Waals surface area contributed by atoms with Gasteiger partial charge < -0.3 is 9.64 Å². The Bertz CT molecular complexity index is 678. The second-order valence-corrected chi connectivity index (χ2v) is 5.87. The number of morpholine rings is 1. The van der Waals surface area contributed by atoms with Gasteiger partial charge in [-0.25, -0.2) is 4.68 Å². The molecule has 1 aliphatic rings. The normalized spacial score (nSPS) is 21.9. The van der Waals surface area contributed by atoms with Crippen LogP contribution in [0.1, 0.15) is 24.3 Å². The Hall–Kier alpha value is -1.92. The van der Waals surface area contributed by atoms with Crippen LogP contribution in [0.15, 0.2) is 30.5 Å². The summed E-state index contributed by atoms with van der Waals surface area (Å²) in [5.74, 6) is -0.139. The van der Waals surface area contributed by atoms with Gasteiger partial charge in [-0.1, -0.05) is 28.9 Å². The summed E-state index contributed by atoms with van der Waals surface area (Å²) in [7, 11) is 0. The third-order valence-electron chi connectivity index (χ3n) is 3.52. The Labute approximate surface area is 133 Å². The van der Waals surface area contributed by atoms with E-state index >= 15 is 0 Å². The SMILES string of the molecule is C[C@@H]1CN(C(=O)c2cn(-c3ccccc3Cl)nn2)C[C@@H](C)O1. The first-order chi connectivity index (χ1) is 10.5. The second-order valence-electron chi connectivity index (χ2n) is 5.47. The van der Waals surface area contributed by atoms with Gasteiger partial charge in [-0.05, 0) is 26.0 Å². The molecule has 1 aliphatic heterocycles. The van der Waals surface area contributed by atoms with E-state index in [-0.39, 0.29) is 18.1 Å². The van der Waals surface area contributed by atoms with Crippen LogP contribution >= 0.6 is 11.6 Å². The van der Waals surface area contributed by atoms with Crippen LogP contribution < -0.4 is 0 Å². The first-order valence-corrected chi connectivity index (χ1v) is 7.54. The van der Waals surface area contributed by atoms with Crippen LogP contribution in [-0.2, 0) is 4.74 Å². The molecule has 0 N–H and O–H groups in total. The third-order valence-corrected chi connectivity index (χ3v) is 3.84. The Balaban J connectivity index is 1.82. The van der Waals surface area contributed by atoms with E-state index in [1.165, 1.54) is 4.68 Å². The zero-order chi connectivity index (χ0) is 15.7. The monoisotopic (exact) mass is 320 g/mol. The molecule has 3 rings (SSSR count). The summed E-state index contributed by atoms with van der Waals surface area (Å²) in [5.41, 5.74) is 1.00. The minimum absolute atomic E-state index is 0.0197. The van der Waals surface area contributed by atoms with E-state index in [0.717, 1.165) is 0 Å². The Kier molecular flexibility index (Phi) is 4.13. The van der Waals surface area contributed by atoms with E-state index in [1.54, 1.807) is 17.2 Å². The lowest BCUT2D eigenvalue weighted by Crippen LogP contribution is -2.48. The van der Waals surface area contributed by atoms with Crippen LogP contribution in [-0.4, -0.2) is 51.1 Å². The maximum absolute atomic E-state index is 12.5. The molecular formula is C15H17ClN4O2. The molecule has 1 saturated heterocycles. The summed E-state index contributed by atoms with van der Waals surface area (Å²) in [6, 6.07) is 7.29. The first-order valence-electron chi connectivity index (χ1n) is 7.16. The van der Waals surface area contributed by atoms with Gasteiger partial charge in [-0.2, -0.15) is 0 Å². The standard InChI is InChI=1S/C15H17ClN4O2/c1-10-7-19(8-11(2)22-10)15(21)13-9-20(18-17-13)14-6-4-3-5-12(14)16/h3-6,9-11H,7-8H2,1-2H3/t10-,11-/m1/s1. The number of nitrogens with zero attached hydrogens (tertiary/aromatic N) is 4. The highest BCUT2D eigenvalue weighted by molar-refractivity contribution is 6.32. The van der Waals surface area contributed by atoms with Gasteiger partial charge in [0.1, 0.15) is 0 Å². The van der Waals surface area contributed by atoms with E-state index in [1.807, 2.05) is 32.0 Å². The predicted octanol–water partition coefficient (Wildman–Crippen LogP) is 2.17. The van der Waals surface area contributed by atoms with Crippen molar-refractivity contribution < 1.29 is 9.53 Å². The molecule has 7 heteroatoms. The van der Waals surface area contributed by atoms with Crippen molar-refractivity contribution in [1.82, 2.24) is 19.9 Å². The van der Waals surface area contributed by atoms with Gasteiger partial charge in [0.2, 0.25) is 0 Å². The van der Waals surface area contributed by atoms with Crippen molar-refractivity contribution >= 4 is 17.5 Å². The number of benzene rings is 1. The van der Waals surface area contributed by atoms with E-state index in [2.05, 4.69) is 10.3 Å². The number of halogens is 1. The fraction of sp³-hybridized carbons (Fsp3) is 0.400. The number of hydrogen-bond donors (Lipinski definition) is 0. The molecule has 0 spiro atoms. The summed E-state index contributed by atoms with van der Waals surface area (Å²) in [5, 5.41) is 8.54. The summed E-state index contributed by atoms with van der Waals surface area (Å²) in [6.07, 6.45) is 1.64. The molecule has 0 saturated carbocycles. The van der Waals surface area contributed by atoms with Crippen molar-refractivity contribution in [3.63, 3.8) is 0 Å². The van der Waals surface area contributed by atoms with E-state index in [4.69, 9.17) is 16.3 Å². The summed E-state index contributed by atoms with van der Waals surface area (Å²) in [6.45, 7) is 5.03.